The fraction of sp³-hybridized carbons (Fsp3) is 0.500. The minimum absolute atomic E-state index is 0.148. The van der Waals surface area contributed by atoms with Gasteiger partial charge < -0.3 is 18.9 Å². The Morgan fingerprint density at radius 1 is 1.42 bits per heavy atom. The first-order chi connectivity index (χ1) is 9.24. The second-order valence-electron chi connectivity index (χ2n) is 4.19. The van der Waals surface area contributed by atoms with Crippen LogP contribution in [0.3, 0.4) is 0 Å². The van der Waals surface area contributed by atoms with Crippen LogP contribution < -0.4 is 9.47 Å². The highest BCUT2D eigenvalue weighted by atomic mass is 16.6. The summed E-state index contributed by atoms with van der Waals surface area (Å²) >= 11 is 0. The van der Waals surface area contributed by atoms with Gasteiger partial charge in [-0.2, -0.15) is 0 Å². The van der Waals surface area contributed by atoms with Crippen molar-refractivity contribution in [3.8, 4) is 11.5 Å². The van der Waals surface area contributed by atoms with E-state index < -0.39 is 0 Å². The standard InChI is InChI=1S/C14H18O5/c1-3-18-12-5-4-10(8-13(12)16-2)14(15)19-11-6-7-17-9-11/h4-5,8,11H,3,6-7,9H2,1-2H3. The lowest BCUT2D eigenvalue weighted by Crippen LogP contribution is -2.18. The highest BCUT2D eigenvalue weighted by Gasteiger charge is 2.21. The number of carbonyl (C=O) groups excluding carboxylic acids is 1. The zero-order valence-corrected chi connectivity index (χ0v) is 11.2. The van der Waals surface area contributed by atoms with Crippen LogP contribution in [0.2, 0.25) is 0 Å². The Kier molecular flexibility index (Phi) is 4.63. The van der Waals surface area contributed by atoms with Gasteiger partial charge in [0.25, 0.3) is 0 Å². The molecule has 1 heterocycles. The number of rotatable bonds is 5. The lowest BCUT2D eigenvalue weighted by Gasteiger charge is -2.12. The maximum atomic E-state index is 12.0. The van der Waals surface area contributed by atoms with Crippen molar-refractivity contribution in [2.24, 2.45) is 0 Å². The summed E-state index contributed by atoms with van der Waals surface area (Å²) in [6.07, 6.45) is 0.602. The van der Waals surface area contributed by atoms with Crippen molar-refractivity contribution in [1.82, 2.24) is 0 Å². The van der Waals surface area contributed by atoms with Crippen molar-refractivity contribution in [3.05, 3.63) is 23.8 Å². The first-order valence-electron chi connectivity index (χ1n) is 6.34. The van der Waals surface area contributed by atoms with Gasteiger partial charge in [0, 0.05) is 6.42 Å². The third kappa shape index (κ3) is 3.38. The van der Waals surface area contributed by atoms with E-state index in [2.05, 4.69) is 0 Å². The zero-order chi connectivity index (χ0) is 13.7. The smallest absolute Gasteiger partial charge is 0.338 e. The maximum absolute atomic E-state index is 12.0. The lowest BCUT2D eigenvalue weighted by molar-refractivity contribution is 0.0270. The number of methoxy groups -OCH3 is 1. The van der Waals surface area contributed by atoms with Crippen LogP contribution in [-0.4, -0.2) is 39.0 Å². The Balaban J connectivity index is 2.08. The predicted molar refractivity (Wildman–Crippen MR) is 68.8 cm³/mol. The summed E-state index contributed by atoms with van der Waals surface area (Å²) in [5.74, 6) is 0.779. The van der Waals surface area contributed by atoms with E-state index >= 15 is 0 Å². The molecule has 1 atom stereocenters. The fourth-order valence-corrected chi connectivity index (χ4v) is 1.89. The van der Waals surface area contributed by atoms with Gasteiger partial charge in [-0.15, -0.1) is 0 Å². The molecule has 0 amide bonds. The van der Waals surface area contributed by atoms with Crippen molar-refractivity contribution in [1.29, 1.82) is 0 Å². The van der Waals surface area contributed by atoms with Crippen LogP contribution in [0.25, 0.3) is 0 Å². The second-order valence-corrected chi connectivity index (χ2v) is 4.19. The topological polar surface area (TPSA) is 54.0 Å². The maximum Gasteiger partial charge on any atom is 0.338 e. The molecule has 1 aliphatic rings. The first kappa shape index (κ1) is 13.7. The monoisotopic (exact) mass is 266 g/mol. The van der Waals surface area contributed by atoms with Crippen LogP contribution in [0.15, 0.2) is 18.2 Å². The number of hydrogen-bond acceptors (Lipinski definition) is 5. The van der Waals surface area contributed by atoms with Crippen LogP contribution in [0.1, 0.15) is 23.7 Å². The quantitative estimate of drug-likeness (QED) is 0.763. The Hall–Kier alpha value is -1.75. The molecule has 19 heavy (non-hydrogen) atoms. The van der Waals surface area contributed by atoms with Crippen molar-refractivity contribution in [3.63, 3.8) is 0 Å². The van der Waals surface area contributed by atoms with Gasteiger partial charge in [-0.1, -0.05) is 0 Å². The van der Waals surface area contributed by atoms with Crippen molar-refractivity contribution >= 4 is 5.97 Å². The van der Waals surface area contributed by atoms with E-state index in [1.807, 2.05) is 6.92 Å². The number of benzene rings is 1. The molecule has 1 unspecified atom stereocenters. The highest BCUT2D eigenvalue weighted by molar-refractivity contribution is 5.90. The molecule has 5 nitrogen and oxygen atoms in total. The highest BCUT2D eigenvalue weighted by Crippen LogP contribution is 2.28. The predicted octanol–water partition coefficient (Wildman–Crippen LogP) is 2.04. The molecule has 1 aromatic rings. The van der Waals surface area contributed by atoms with Crippen LogP contribution in [0.4, 0.5) is 0 Å². The normalized spacial score (nSPS) is 18.1. The Morgan fingerprint density at radius 2 is 2.26 bits per heavy atom. The van der Waals surface area contributed by atoms with Gasteiger partial charge in [-0.05, 0) is 25.1 Å². The molecule has 1 fully saturated rings. The van der Waals surface area contributed by atoms with E-state index in [1.165, 1.54) is 7.11 Å². The molecule has 0 N–H and O–H groups in total. The minimum atomic E-state index is -0.364. The average Bonchev–Trinajstić information content (AvgIpc) is 2.92. The van der Waals surface area contributed by atoms with E-state index in [9.17, 15) is 4.79 Å². The zero-order valence-electron chi connectivity index (χ0n) is 11.2. The molecule has 0 spiro atoms. The number of hydrogen-bond donors (Lipinski definition) is 0. The molecule has 1 aliphatic heterocycles. The van der Waals surface area contributed by atoms with Gasteiger partial charge in [0.2, 0.25) is 0 Å². The van der Waals surface area contributed by atoms with E-state index in [0.717, 1.165) is 6.42 Å². The molecule has 1 saturated heterocycles. The molecule has 0 aromatic heterocycles. The van der Waals surface area contributed by atoms with E-state index in [4.69, 9.17) is 18.9 Å². The summed E-state index contributed by atoms with van der Waals surface area (Å²) in [6.45, 7) is 3.55. The van der Waals surface area contributed by atoms with E-state index in [1.54, 1.807) is 18.2 Å². The molecular formula is C14H18O5. The van der Waals surface area contributed by atoms with Gasteiger partial charge in [0.1, 0.15) is 6.10 Å². The van der Waals surface area contributed by atoms with Crippen LogP contribution in [0.5, 0.6) is 11.5 Å². The summed E-state index contributed by atoms with van der Waals surface area (Å²) in [7, 11) is 1.54. The molecule has 0 aliphatic carbocycles. The third-order valence-electron chi connectivity index (χ3n) is 2.86. The summed E-state index contributed by atoms with van der Waals surface area (Å²) in [5.41, 5.74) is 0.451. The van der Waals surface area contributed by atoms with E-state index in [-0.39, 0.29) is 12.1 Å². The molecule has 104 valence electrons. The van der Waals surface area contributed by atoms with Crippen LogP contribution in [0, 0.1) is 0 Å². The Morgan fingerprint density at radius 3 is 2.89 bits per heavy atom. The number of esters is 1. The van der Waals surface area contributed by atoms with Crippen LogP contribution >= 0.6 is 0 Å². The molecule has 0 radical (unpaired) electrons. The van der Waals surface area contributed by atoms with Gasteiger partial charge in [0.05, 0.1) is 32.5 Å². The lowest BCUT2D eigenvalue weighted by atomic mass is 10.2. The largest absolute Gasteiger partial charge is 0.493 e. The van der Waals surface area contributed by atoms with Crippen LogP contribution in [-0.2, 0) is 9.47 Å². The molecule has 0 saturated carbocycles. The summed E-state index contributed by atoms with van der Waals surface area (Å²) < 4.78 is 21.1. The Labute approximate surface area is 112 Å². The molecular weight excluding hydrogens is 248 g/mol. The van der Waals surface area contributed by atoms with E-state index in [0.29, 0.717) is 36.9 Å². The van der Waals surface area contributed by atoms with Crippen molar-refractivity contribution in [2.75, 3.05) is 26.9 Å². The van der Waals surface area contributed by atoms with Crippen molar-refractivity contribution < 1.29 is 23.7 Å². The molecule has 0 bridgehead atoms. The molecule has 2 rings (SSSR count). The third-order valence-corrected chi connectivity index (χ3v) is 2.86. The number of ether oxygens (including phenoxy) is 4. The summed E-state index contributed by atoms with van der Waals surface area (Å²) in [4.78, 5) is 12.0. The second kappa shape index (κ2) is 6.43. The summed E-state index contributed by atoms with van der Waals surface area (Å²) in [5, 5.41) is 0. The van der Waals surface area contributed by atoms with Gasteiger partial charge in [0.15, 0.2) is 11.5 Å². The first-order valence-corrected chi connectivity index (χ1v) is 6.34. The van der Waals surface area contributed by atoms with Gasteiger partial charge in [-0.25, -0.2) is 4.79 Å². The Bertz CT molecular complexity index is 437. The summed E-state index contributed by atoms with van der Waals surface area (Å²) in [6, 6.07) is 5.01. The van der Waals surface area contributed by atoms with Crippen molar-refractivity contribution in [2.45, 2.75) is 19.4 Å². The molecule has 5 heteroatoms. The number of carbonyl (C=O) groups is 1. The average molecular weight is 266 g/mol. The van der Waals surface area contributed by atoms with Gasteiger partial charge >= 0.3 is 5.97 Å². The van der Waals surface area contributed by atoms with Gasteiger partial charge in [-0.3, -0.25) is 0 Å². The molecule has 1 aromatic carbocycles. The SMILES string of the molecule is CCOc1ccc(C(=O)OC2CCOC2)cc1OC. The fourth-order valence-electron chi connectivity index (χ4n) is 1.89. The minimum Gasteiger partial charge on any atom is -0.493 e.